The topological polar surface area (TPSA) is 9.23 Å². The fourth-order valence-corrected chi connectivity index (χ4v) is 2.70. The van der Waals surface area contributed by atoms with Crippen molar-refractivity contribution >= 4 is 38.3 Å². The summed E-state index contributed by atoms with van der Waals surface area (Å²) in [4.78, 5) is 0. The maximum absolute atomic E-state index is 5.94. The monoisotopic (exact) mass is 346 g/mol. The van der Waals surface area contributed by atoms with Crippen molar-refractivity contribution in [2.45, 2.75) is 5.88 Å². The van der Waals surface area contributed by atoms with Crippen molar-refractivity contribution in [3.05, 3.63) is 70.7 Å². The van der Waals surface area contributed by atoms with Crippen LogP contribution in [0.15, 0.2) is 65.1 Å². The molecule has 1 nitrogen and oxygen atoms in total. The largest absolute Gasteiger partial charge is 0.457 e. The number of alkyl halides is 1. The highest BCUT2D eigenvalue weighted by Gasteiger charge is 2.04. The third-order valence-corrected chi connectivity index (χ3v) is 3.90. The lowest BCUT2D eigenvalue weighted by Gasteiger charge is -2.10. The molecule has 0 fully saturated rings. The molecule has 0 N–H and O–H groups in total. The lowest BCUT2D eigenvalue weighted by molar-refractivity contribution is 0.479. The standard InChI is InChI=1S/C17H12BrClO/c18-15-7-5-13-10-16(8-6-12(13)9-15)20-17-4-2-1-3-14(17)11-19/h1-10H,11H2. The van der Waals surface area contributed by atoms with Gasteiger partial charge in [0.05, 0.1) is 5.88 Å². The Kier molecular flexibility index (Phi) is 3.95. The highest BCUT2D eigenvalue weighted by atomic mass is 79.9. The van der Waals surface area contributed by atoms with Gasteiger partial charge in [0.2, 0.25) is 0 Å². The summed E-state index contributed by atoms with van der Waals surface area (Å²) in [5, 5.41) is 2.33. The number of benzene rings is 3. The molecule has 0 atom stereocenters. The molecule has 0 unspecified atom stereocenters. The minimum Gasteiger partial charge on any atom is -0.457 e. The van der Waals surface area contributed by atoms with Gasteiger partial charge in [-0.2, -0.15) is 0 Å². The lowest BCUT2D eigenvalue weighted by Crippen LogP contribution is -1.89. The average Bonchev–Trinajstić information content (AvgIpc) is 2.48. The van der Waals surface area contributed by atoms with Crippen LogP contribution in [0.3, 0.4) is 0 Å². The molecule has 0 aromatic heterocycles. The quantitative estimate of drug-likeness (QED) is 0.518. The van der Waals surface area contributed by atoms with E-state index in [1.165, 1.54) is 5.39 Å². The van der Waals surface area contributed by atoms with E-state index in [9.17, 15) is 0 Å². The van der Waals surface area contributed by atoms with Gasteiger partial charge >= 0.3 is 0 Å². The Bertz CT molecular complexity index is 755. The maximum atomic E-state index is 5.94. The average molecular weight is 348 g/mol. The van der Waals surface area contributed by atoms with E-state index in [1.54, 1.807) is 0 Å². The Morgan fingerprint density at radius 1 is 0.900 bits per heavy atom. The number of fused-ring (bicyclic) bond motifs is 1. The Balaban J connectivity index is 1.96. The van der Waals surface area contributed by atoms with Crippen molar-refractivity contribution in [3.8, 4) is 11.5 Å². The van der Waals surface area contributed by atoms with Gasteiger partial charge in [-0.15, -0.1) is 11.6 Å². The lowest BCUT2D eigenvalue weighted by atomic mass is 10.1. The van der Waals surface area contributed by atoms with Crippen LogP contribution in [0, 0.1) is 0 Å². The molecule has 0 amide bonds. The predicted molar refractivity (Wildman–Crippen MR) is 87.7 cm³/mol. The number of para-hydroxylation sites is 1. The highest BCUT2D eigenvalue weighted by Crippen LogP contribution is 2.29. The van der Waals surface area contributed by atoms with Crippen molar-refractivity contribution in [1.82, 2.24) is 0 Å². The Labute approximate surface area is 131 Å². The van der Waals surface area contributed by atoms with Crippen molar-refractivity contribution in [1.29, 1.82) is 0 Å². The molecule has 0 saturated carbocycles. The highest BCUT2D eigenvalue weighted by molar-refractivity contribution is 9.10. The summed E-state index contributed by atoms with van der Waals surface area (Å²) in [6.45, 7) is 0. The second-order valence-corrected chi connectivity index (χ2v) is 5.68. The Hall–Kier alpha value is -1.51. The van der Waals surface area contributed by atoms with Gasteiger partial charge in [0.25, 0.3) is 0 Å². The molecule has 3 rings (SSSR count). The fraction of sp³-hybridized carbons (Fsp3) is 0.0588. The van der Waals surface area contributed by atoms with Gasteiger partial charge in [0.15, 0.2) is 0 Å². The van der Waals surface area contributed by atoms with Crippen LogP contribution in [0.2, 0.25) is 0 Å². The fourth-order valence-electron chi connectivity index (χ4n) is 2.10. The third kappa shape index (κ3) is 2.82. The van der Waals surface area contributed by atoms with Gasteiger partial charge in [-0.3, -0.25) is 0 Å². The number of hydrogen-bond donors (Lipinski definition) is 0. The summed E-state index contributed by atoms with van der Waals surface area (Å²) in [6, 6.07) is 20.1. The van der Waals surface area contributed by atoms with E-state index in [1.807, 2.05) is 42.5 Å². The van der Waals surface area contributed by atoms with E-state index in [2.05, 4.69) is 34.1 Å². The molecule has 0 heterocycles. The smallest absolute Gasteiger partial charge is 0.131 e. The molecule has 0 spiro atoms. The molecule has 0 saturated heterocycles. The summed E-state index contributed by atoms with van der Waals surface area (Å²) < 4.78 is 7.02. The van der Waals surface area contributed by atoms with Crippen molar-refractivity contribution in [2.75, 3.05) is 0 Å². The predicted octanol–water partition coefficient (Wildman–Crippen LogP) is 6.13. The van der Waals surface area contributed by atoms with E-state index in [0.717, 1.165) is 26.9 Å². The van der Waals surface area contributed by atoms with Gasteiger partial charge < -0.3 is 4.74 Å². The molecule has 20 heavy (non-hydrogen) atoms. The molecular weight excluding hydrogens is 336 g/mol. The van der Waals surface area contributed by atoms with Crippen LogP contribution in [0.4, 0.5) is 0 Å². The molecular formula is C17H12BrClO. The number of ether oxygens (including phenoxy) is 1. The number of rotatable bonds is 3. The van der Waals surface area contributed by atoms with Crippen LogP contribution >= 0.6 is 27.5 Å². The van der Waals surface area contributed by atoms with Crippen molar-refractivity contribution in [2.24, 2.45) is 0 Å². The minimum atomic E-state index is 0.441. The normalized spacial score (nSPS) is 10.7. The van der Waals surface area contributed by atoms with Gasteiger partial charge in [0, 0.05) is 10.0 Å². The zero-order valence-corrected chi connectivity index (χ0v) is 13.0. The van der Waals surface area contributed by atoms with Crippen LogP contribution in [-0.4, -0.2) is 0 Å². The van der Waals surface area contributed by atoms with Crippen LogP contribution < -0.4 is 4.74 Å². The minimum absolute atomic E-state index is 0.441. The first-order valence-corrected chi connectivity index (χ1v) is 7.60. The molecule has 100 valence electrons. The third-order valence-electron chi connectivity index (χ3n) is 3.12. The molecule has 3 heteroatoms. The maximum Gasteiger partial charge on any atom is 0.131 e. The second kappa shape index (κ2) is 5.86. The van der Waals surface area contributed by atoms with Gasteiger partial charge in [-0.1, -0.05) is 46.3 Å². The van der Waals surface area contributed by atoms with Gasteiger partial charge in [0.1, 0.15) is 11.5 Å². The first-order chi connectivity index (χ1) is 9.76. The Morgan fingerprint density at radius 2 is 1.65 bits per heavy atom. The first kappa shape index (κ1) is 13.5. The Morgan fingerprint density at radius 3 is 2.50 bits per heavy atom. The number of hydrogen-bond acceptors (Lipinski definition) is 1. The summed E-state index contributed by atoms with van der Waals surface area (Å²) in [7, 11) is 0. The molecule has 0 aliphatic carbocycles. The summed E-state index contributed by atoms with van der Waals surface area (Å²) in [6.07, 6.45) is 0. The van der Waals surface area contributed by atoms with E-state index in [0.29, 0.717) is 5.88 Å². The zero-order chi connectivity index (χ0) is 13.9. The molecule has 0 aliphatic heterocycles. The van der Waals surface area contributed by atoms with Crippen LogP contribution in [0.25, 0.3) is 10.8 Å². The summed E-state index contributed by atoms with van der Waals surface area (Å²) in [5.41, 5.74) is 0.991. The molecule has 3 aromatic carbocycles. The van der Waals surface area contributed by atoms with Crippen LogP contribution in [0.5, 0.6) is 11.5 Å². The van der Waals surface area contributed by atoms with Crippen LogP contribution in [-0.2, 0) is 5.88 Å². The van der Waals surface area contributed by atoms with Crippen LogP contribution in [0.1, 0.15) is 5.56 Å². The molecule has 0 aliphatic rings. The SMILES string of the molecule is ClCc1ccccc1Oc1ccc2cc(Br)ccc2c1. The molecule has 0 bridgehead atoms. The number of halogens is 2. The van der Waals surface area contributed by atoms with Gasteiger partial charge in [-0.05, 0) is 41.1 Å². The zero-order valence-electron chi connectivity index (χ0n) is 10.6. The molecule has 3 aromatic rings. The van der Waals surface area contributed by atoms with E-state index in [4.69, 9.17) is 16.3 Å². The summed E-state index contributed by atoms with van der Waals surface area (Å²) in [5.74, 6) is 2.06. The molecule has 0 radical (unpaired) electrons. The van der Waals surface area contributed by atoms with E-state index in [-0.39, 0.29) is 0 Å². The van der Waals surface area contributed by atoms with Crippen molar-refractivity contribution < 1.29 is 4.74 Å². The van der Waals surface area contributed by atoms with Crippen molar-refractivity contribution in [3.63, 3.8) is 0 Å². The van der Waals surface area contributed by atoms with E-state index >= 15 is 0 Å². The first-order valence-electron chi connectivity index (χ1n) is 6.27. The summed E-state index contributed by atoms with van der Waals surface area (Å²) >= 11 is 9.40. The van der Waals surface area contributed by atoms with Gasteiger partial charge in [-0.25, -0.2) is 0 Å². The van der Waals surface area contributed by atoms with E-state index < -0.39 is 0 Å². The second-order valence-electron chi connectivity index (χ2n) is 4.50.